The predicted molar refractivity (Wildman–Crippen MR) is 106 cm³/mol. The van der Waals surface area contributed by atoms with Crippen molar-refractivity contribution in [3.05, 3.63) is 59.9 Å². The highest BCUT2D eigenvalue weighted by Gasteiger charge is 2.31. The number of sulfonamides is 1. The molecule has 11 heteroatoms. The molecule has 0 saturated carbocycles. The Balaban J connectivity index is 1.52. The molecule has 2 aromatic rings. The van der Waals surface area contributed by atoms with Crippen molar-refractivity contribution >= 4 is 25.8 Å². The molecule has 1 saturated heterocycles. The highest BCUT2D eigenvalue weighted by atomic mass is 32.2. The van der Waals surface area contributed by atoms with E-state index in [9.17, 15) is 26.0 Å². The van der Waals surface area contributed by atoms with Gasteiger partial charge in [0, 0.05) is 6.04 Å². The van der Waals surface area contributed by atoms with Gasteiger partial charge in [0.1, 0.15) is 13.2 Å². The summed E-state index contributed by atoms with van der Waals surface area (Å²) in [5.41, 5.74) is 0.128. The minimum atomic E-state index is -3.91. The van der Waals surface area contributed by atoms with Crippen molar-refractivity contribution in [2.45, 2.75) is 17.4 Å². The molecule has 0 radical (unpaired) electrons. The number of hydrogen-bond donors (Lipinski definition) is 1. The zero-order chi connectivity index (χ0) is 21.8. The molecule has 0 unspecified atom stereocenters. The van der Waals surface area contributed by atoms with Gasteiger partial charge in [-0.25, -0.2) is 30.7 Å². The number of benzene rings is 2. The number of nitrogens with one attached hydrogen (secondary N) is 1. The summed E-state index contributed by atoms with van der Waals surface area (Å²) >= 11 is 0. The molecule has 0 spiro atoms. The standard InChI is InChI=1S/C19H20FNO7S2/c20-17-3-1-2-4-18(17)27-10-11-28-19(22)14-5-7-16(8-6-14)30(25,26)21-15-9-12-29(23,24)13-15/h1-8,15,21H,9-13H2/t15-/m1/s1. The first-order chi connectivity index (χ1) is 14.2. The van der Waals surface area contributed by atoms with Crippen molar-refractivity contribution in [2.75, 3.05) is 24.7 Å². The van der Waals surface area contributed by atoms with Gasteiger partial charge in [-0.1, -0.05) is 12.1 Å². The Labute approximate surface area is 174 Å². The minimum absolute atomic E-state index is 0.0469. The lowest BCUT2D eigenvalue weighted by atomic mass is 10.2. The van der Waals surface area contributed by atoms with Crippen LogP contribution in [0.25, 0.3) is 0 Å². The Bertz CT molecular complexity index is 1120. The second kappa shape index (κ2) is 9.11. The smallest absolute Gasteiger partial charge is 0.338 e. The lowest BCUT2D eigenvalue weighted by Crippen LogP contribution is -2.35. The van der Waals surface area contributed by atoms with Gasteiger partial charge in [0.15, 0.2) is 21.4 Å². The summed E-state index contributed by atoms with van der Waals surface area (Å²) in [5, 5.41) is 0. The SMILES string of the molecule is O=C(OCCOc1ccccc1F)c1ccc(S(=O)(=O)N[C@@H]2CCS(=O)(=O)C2)cc1. The average molecular weight is 458 g/mol. The maximum atomic E-state index is 13.4. The maximum absolute atomic E-state index is 13.4. The first kappa shape index (κ1) is 22.2. The van der Waals surface area contributed by atoms with E-state index in [1.165, 1.54) is 42.5 Å². The van der Waals surface area contributed by atoms with Crippen LogP contribution in [0.4, 0.5) is 4.39 Å². The first-order valence-electron chi connectivity index (χ1n) is 9.03. The number of esters is 1. The fourth-order valence-corrected chi connectivity index (χ4v) is 5.93. The van der Waals surface area contributed by atoms with E-state index in [4.69, 9.17) is 9.47 Å². The monoisotopic (exact) mass is 457 g/mol. The van der Waals surface area contributed by atoms with E-state index in [1.807, 2.05) is 0 Å². The van der Waals surface area contributed by atoms with Crippen molar-refractivity contribution < 1.29 is 35.5 Å². The first-order valence-corrected chi connectivity index (χ1v) is 12.3. The Hall–Kier alpha value is -2.50. The number of sulfone groups is 1. The summed E-state index contributed by atoms with van der Waals surface area (Å²) in [6.45, 7) is -0.168. The Morgan fingerprint density at radius 2 is 1.80 bits per heavy atom. The largest absolute Gasteiger partial charge is 0.487 e. The van der Waals surface area contributed by atoms with Gasteiger partial charge >= 0.3 is 5.97 Å². The van der Waals surface area contributed by atoms with Crippen molar-refractivity contribution in [2.24, 2.45) is 0 Å². The van der Waals surface area contributed by atoms with Crippen molar-refractivity contribution in [1.29, 1.82) is 0 Å². The number of hydrogen-bond acceptors (Lipinski definition) is 7. The van der Waals surface area contributed by atoms with Gasteiger partial charge in [-0.2, -0.15) is 0 Å². The molecular formula is C19H20FNO7S2. The summed E-state index contributed by atoms with van der Waals surface area (Å²) in [5.74, 6) is -1.45. The molecule has 0 bridgehead atoms. The van der Waals surface area contributed by atoms with E-state index in [-0.39, 0.29) is 47.3 Å². The summed E-state index contributed by atoms with van der Waals surface area (Å²) < 4.78 is 73.7. The minimum Gasteiger partial charge on any atom is -0.487 e. The van der Waals surface area contributed by atoms with Crippen LogP contribution < -0.4 is 9.46 Å². The van der Waals surface area contributed by atoms with Crippen LogP contribution in [0.5, 0.6) is 5.75 Å². The zero-order valence-electron chi connectivity index (χ0n) is 15.8. The van der Waals surface area contributed by atoms with Gasteiger partial charge in [-0.05, 0) is 42.8 Å². The number of halogens is 1. The lowest BCUT2D eigenvalue weighted by molar-refractivity contribution is 0.0448. The average Bonchev–Trinajstić information content (AvgIpc) is 3.04. The molecule has 0 aliphatic carbocycles. The molecule has 1 N–H and O–H groups in total. The lowest BCUT2D eigenvalue weighted by Gasteiger charge is -2.12. The molecule has 162 valence electrons. The van der Waals surface area contributed by atoms with Crippen molar-refractivity contribution in [1.82, 2.24) is 4.72 Å². The van der Waals surface area contributed by atoms with Gasteiger partial charge in [0.05, 0.1) is 22.0 Å². The van der Waals surface area contributed by atoms with Crippen LogP contribution in [0.2, 0.25) is 0 Å². The van der Waals surface area contributed by atoms with Gasteiger partial charge in [0.25, 0.3) is 0 Å². The maximum Gasteiger partial charge on any atom is 0.338 e. The third-order valence-electron chi connectivity index (χ3n) is 4.37. The fourth-order valence-electron chi connectivity index (χ4n) is 2.88. The molecule has 0 amide bonds. The van der Waals surface area contributed by atoms with Crippen LogP contribution in [-0.2, 0) is 24.6 Å². The predicted octanol–water partition coefficient (Wildman–Crippen LogP) is 1.53. The molecule has 1 aliphatic rings. The van der Waals surface area contributed by atoms with Gasteiger partial charge in [0.2, 0.25) is 10.0 Å². The fraction of sp³-hybridized carbons (Fsp3) is 0.316. The van der Waals surface area contributed by atoms with Crippen molar-refractivity contribution in [3.63, 3.8) is 0 Å². The van der Waals surface area contributed by atoms with E-state index in [1.54, 1.807) is 6.07 Å². The van der Waals surface area contributed by atoms with Gasteiger partial charge in [-0.15, -0.1) is 0 Å². The third-order valence-corrected chi connectivity index (χ3v) is 7.67. The Kier molecular flexibility index (Phi) is 6.74. The third kappa shape index (κ3) is 5.77. The summed E-state index contributed by atoms with van der Waals surface area (Å²) in [6, 6.07) is 10.2. The molecule has 2 aromatic carbocycles. The molecule has 1 aliphatic heterocycles. The highest BCUT2D eigenvalue weighted by molar-refractivity contribution is 7.92. The molecule has 1 atom stereocenters. The molecule has 1 heterocycles. The van der Waals surface area contributed by atoms with Crippen LogP contribution in [0.1, 0.15) is 16.8 Å². The number of carbonyl (C=O) groups excluding carboxylic acids is 1. The summed E-state index contributed by atoms with van der Waals surface area (Å²) in [6.07, 6.45) is 0.223. The van der Waals surface area contributed by atoms with Gasteiger partial charge < -0.3 is 9.47 Å². The van der Waals surface area contributed by atoms with Crippen LogP contribution in [-0.4, -0.2) is 53.6 Å². The zero-order valence-corrected chi connectivity index (χ0v) is 17.4. The normalized spacial score (nSPS) is 18.1. The Morgan fingerprint density at radius 1 is 1.10 bits per heavy atom. The van der Waals surface area contributed by atoms with E-state index in [0.717, 1.165) is 0 Å². The number of para-hydroxylation sites is 1. The van der Waals surface area contributed by atoms with E-state index in [0.29, 0.717) is 0 Å². The molecule has 30 heavy (non-hydrogen) atoms. The van der Waals surface area contributed by atoms with Crippen LogP contribution in [0.3, 0.4) is 0 Å². The van der Waals surface area contributed by atoms with E-state index in [2.05, 4.69) is 4.72 Å². The van der Waals surface area contributed by atoms with Crippen LogP contribution >= 0.6 is 0 Å². The van der Waals surface area contributed by atoms with E-state index < -0.39 is 37.7 Å². The molecule has 3 rings (SSSR count). The molecular weight excluding hydrogens is 437 g/mol. The second-order valence-electron chi connectivity index (χ2n) is 6.66. The van der Waals surface area contributed by atoms with E-state index >= 15 is 0 Å². The van der Waals surface area contributed by atoms with Crippen LogP contribution in [0.15, 0.2) is 53.4 Å². The second-order valence-corrected chi connectivity index (χ2v) is 10.6. The number of rotatable bonds is 8. The molecule has 0 aromatic heterocycles. The Morgan fingerprint density at radius 3 is 2.43 bits per heavy atom. The number of carbonyl (C=O) groups is 1. The molecule has 8 nitrogen and oxygen atoms in total. The van der Waals surface area contributed by atoms with Gasteiger partial charge in [-0.3, -0.25) is 0 Å². The quantitative estimate of drug-likeness (QED) is 0.472. The van der Waals surface area contributed by atoms with Crippen molar-refractivity contribution in [3.8, 4) is 5.75 Å². The summed E-state index contributed by atoms with van der Waals surface area (Å²) in [4.78, 5) is 12.0. The number of ether oxygens (including phenoxy) is 2. The summed E-state index contributed by atoms with van der Waals surface area (Å²) in [7, 11) is -7.13. The van der Waals surface area contributed by atoms with Crippen LogP contribution in [0, 0.1) is 5.82 Å². The topological polar surface area (TPSA) is 116 Å². The molecule has 1 fully saturated rings. The highest BCUT2D eigenvalue weighted by Crippen LogP contribution is 2.17.